The van der Waals surface area contributed by atoms with Gasteiger partial charge in [0.2, 0.25) is 0 Å². The van der Waals surface area contributed by atoms with Crippen LogP contribution in [0.1, 0.15) is 19.0 Å². The van der Waals surface area contributed by atoms with E-state index < -0.39 is 0 Å². The lowest BCUT2D eigenvalue weighted by atomic mass is 10.2. The van der Waals surface area contributed by atoms with Gasteiger partial charge in [0, 0.05) is 37.8 Å². The molecule has 3 heteroatoms. The average Bonchev–Trinajstić information content (AvgIpc) is 2.63. The zero-order chi connectivity index (χ0) is 10.4. The van der Waals surface area contributed by atoms with Crippen LogP contribution in [0.2, 0.25) is 0 Å². The van der Waals surface area contributed by atoms with E-state index >= 15 is 0 Å². The average molecular weight is 194 g/mol. The minimum atomic E-state index is 0.261. The third kappa shape index (κ3) is 4.23. The summed E-state index contributed by atoms with van der Waals surface area (Å²) < 4.78 is 0. The first-order valence-corrected chi connectivity index (χ1v) is 4.98. The summed E-state index contributed by atoms with van der Waals surface area (Å²) in [5, 5.41) is 0. The van der Waals surface area contributed by atoms with E-state index in [1.54, 1.807) is 6.92 Å². The number of ketones is 1. The van der Waals surface area contributed by atoms with Crippen molar-refractivity contribution in [3.05, 3.63) is 24.0 Å². The highest BCUT2D eigenvalue weighted by atomic mass is 16.1. The smallest absolute Gasteiger partial charge is 0.131 e. The highest BCUT2D eigenvalue weighted by Crippen LogP contribution is 1.97. The van der Waals surface area contributed by atoms with Crippen LogP contribution in [0, 0.1) is 0 Å². The highest BCUT2D eigenvalue weighted by molar-refractivity contribution is 5.75. The summed E-state index contributed by atoms with van der Waals surface area (Å²) in [7, 11) is 2.05. The lowest BCUT2D eigenvalue weighted by Crippen LogP contribution is -2.23. The molecule has 1 aromatic heterocycles. The third-order valence-corrected chi connectivity index (χ3v) is 2.27. The van der Waals surface area contributed by atoms with Gasteiger partial charge >= 0.3 is 0 Å². The van der Waals surface area contributed by atoms with Gasteiger partial charge in [-0.25, -0.2) is 0 Å². The van der Waals surface area contributed by atoms with Crippen molar-refractivity contribution in [2.45, 2.75) is 19.8 Å². The fourth-order valence-corrected chi connectivity index (χ4v) is 1.29. The Morgan fingerprint density at radius 1 is 1.50 bits per heavy atom. The second kappa shape index (κ2) is 5.60. The molecule has 78 valence electrons. The first-order chi connectivity index (χ1) is 6.68. The number of aromatic nitrogens is 1. The fourth-order valence-electron chi connectivity index (χ4n) is 1.29. The van der Waals surface area contributed by atoms with Crippen LogP contribution in [0.25, 0.3) is 0 Å². The summed E-state index contributed by atoms with van der Waals surface area (Å²) in [4.78, 5) is 16.1. The Balaban J connectivity index is 2.15. The maximum atomic E-state index is 10.7. The predicted octanol–water partition coefficient (Wildman–Crippen LogP) is 1.47. The van der Waals surface area contributed by atoms with Crippen molar-refractivity contribution in [2.24, 2.45) is 0 Å². The molecule has 0 radical (unpaired) electrons. The second-order valence-corrected chi connectivity index (χ2v) is 3.70. The van der Waals surface area contributed by atoms with Gasteiger partial charge in [0.25, 0.3) is 0 Å². The van der Waals surface area contributed by atoms with Gasteiger partial charge in [-0.15, -0.1) is 0 Å². The quantitative estimate of drug-likeness (QED) is 0.744. The van der Waals surface area contributed by atoms with Crippen molar-refractivity contribution in [1.82, 2.24) is 9.88 Å². The summed E-state index contributed by atoms with van der Waals surface area (Å²) in [5.74, 6) is 0.261. The first kappa shape index (κ1) is 11.0. The molecule has 0 bridgehead atoms. The largest absolute Gasteiger partial charge is 0.365 e. The number of rotatable bonds is 6. The van der Waals surface area contributed by atoms with Crippen LogP contribution in [-0.2, 0) is 11.2 Å². The number of nitrogens with one attached hydrogen (secondary N) is 1. The van der Waals surface area contributed by atoms with E-state index in [-0.39, 0.29) is 5.78 Å². The normalized spacial score (nSPS) is 10.8. The standard InChI is InChI=1S/C11H18N2O/c1-10(14)5-8-13(2)9-6-11-4-3-7-12-11/h3-4,7,12H,5-6,8-9H2,1-2H3. The first-order valence-electron chi connectivity index (χ1n) is 4.98. The lowest BCUT2D eigenvalue weighted by Gasteiger charge is -2.14. The Morgan fingerprint density at radius 3 is 2.86 bits per heavy atom. The molecule has 0 unspecified atom stereocenters. The lowest BCUT2D eigenvalue weighted by molar-refractivity contribution is -0.117. The highest BCUT2D eigenvalue weighted by Gasteiger charge is 2.01. The number of H-pyrrole nitrogens is 1. The number of likely N-dealkylation sites (N-methyl/N-ethyl adjacent to an activating group) is 1. The van der Waals surface area contributed by atoms with Crippen LogP contribution in [0.5, 0.6) is 0 Å². The van der Waals surface area contributed by atoms with Gasteiger partial charge in [-0.3, -0.25) is 4.79 Å². The molecule has 0 aliphatic heterocycles. The van der Waals surface area contributed by atoms with Crippen LogP contribution in [0.15, 0.2) is 18.3 Å². The molecule has 1 rings (SSSR count). The number of Topliss-reactive ketones (excluding diaryl/α,β-unsaturated/α-hetero) is 1. The van der Waals surface area contributed by atoms with Crippen molar-refractivity contribution in [2.75, 3.05) is 20.1 Å². The monoisotopic (exact) mass is 194 g/mol. The number of hydrogen-bond acceptors (Lipinski definition) is 2. The van der Waals surface area contributed by atoms with Crippen LogP contribution >= 0.6 is 0 Å². The zero-order valence-corrected chi connectivity index (χ0v) is 8.92. The molecule has 3 nitrogen and oxygen atoms in total. The SMILES string of the molecule is CC(=O)CCN(C)CCc1ccc[nH]1. The summed E-state index contributed by atoms with van der Waals surface area (Å²) in [6, 6.07) is 4.09. The van der Waals surface area contributed by atoms with Crippen molar-refractivity contribution in [3.63, 3.8) is 0 Å². The summed E-state index contributed by atoms with van der Waals surface area (Å²) in [6.07, 6.45) is 3.60. The summed E-state index contributed by atoms with van der Waals surface area (Å²) in [5.41, 5.74) is 1.25. The topological polar surface area (TPSA) is 36.1 Å². The number of aromatic amines is 1. The molecule has 14 heavy (non-hydrogen) atoms. The Labute approximate surface area is 85.1 Å². The Morgan fingerprint density at radius 2 is 2.29 bits per heavy atom. The van der Waals surface area contributed by atoms with Gasteiger partial charge in [-0.05, 0) is 26.1 Å². The minimum absolute atomic E-state index is 0.261. The maximum absolute atomic E-state index is 10.7. The van der Waals surface area contributed by atoms with Gasteiger partial charge in [0.1, 0.15) is 5.78 Å². The van der Waals surface area contributed by atoms with E-state index in [2.05, 4.69) is 16.0 Å². The van der Waals surface area contributed by atoms with Crippen LogP contribution in [-0.4, -0.2) is 35.8 Å². The number of carbonyl (C=O) groups excluding carboxylic acids is 1. The Bertz CT molecular complexity index is 267. The van der Waals surface area contributed by atoms with Crippen molar-refractivity contribution >= 4 is 5.78 Å². The molecule has 0 saturated heterocycles. The van der Waals surface area contributed by atoms with Crippen LogP contribution in [0.3, 0.4) is 0 Å². The molecule has 1 heterocycles. The van der Waals surface area contributed by atoms with E-state index in [1.165, 1.54) is 5.69 Å². The molecule has 0 aliphatic rings. The van der Waals surface area contributed by atoms with Gasteiger partial charge < -0.3 is 9.88 Å². The molecule has 1 N–H and O–H groups in total. The van der Waals surface area contributed by atoms with Crippen LogP contribution < -0.4 is 0 Å². The predicted molar refractivity (Wildman–Crippen MR) is 57.3 cm³/mol. The summed E-state index contributed by atoms with van der Waals surface area (Å²) >= 11 is 0. The number of nitrogens with zero attached hydrogens (tertiary/aromatic N) is 1. The third-order valence-electron chi connectivity index (χ3n) is 2.27. The molecule has 0 spiro atoms. The molecule has 0 saturated carbocycles. The maximum Gasteiger partial charge on any atom is 0.131 e. The van der Waals surface area contributed by atoms with E-state index in [0.29, 0.717) is 6.42 Å². The van der Waals surface area contributed by atoms with Gasteiger partial charge in [0.05, 0.1) is 0 Å². The molecule has 0 amide bonds. The van der Waals surface area contributed by atoms with E-state index in [4.69, 9.17) is 0 Å². The van der Waals surface area contributed by atoms with Crippen molar-refractivity contribution < 1.29 is 4.79 Å². The van der Waals surface area contributed by atoms with E-state index in [1.807, 2.05) is 19.3 Å². The minimum Gasteiger partial charge on any atom is -0.365 e. The van der Waals surface area contributed by atoms with E-state index in [0.717, 1.165) is 19.5 Å². The molecule has 0 fully saturated rings. The van der Waals surface area contributed by atoms with Crippen LogP contribution in [0.4, 0.5) is 0 Å². The van der Waals surface area contributed by atoms with Gasteiger partial charge in [-0.2, -0.15) is 0 Å². The Hall–Kier alpha value is -1.09. The molecule has 0 aliphatic carbocycles. The molecule has 0 atom stereocenters. The van der Waals surface area contributed by atoms with E-state index in [9.17, 15) is 4.79 Å². The van der Waals surface area contributed by atoms with Gasteiger partial charge in [-0.1, -0.05) is 0 Å². The zero-order valence-electron chi connectivity index (χ0n) is 8.92. The van der Waals surface area contributed by atoms with Gasteiger partial charge in [0.15, 0.2) is 0 Å². The van der Waals surface area contributed by atoms with Crippen molar-refractivity contribution in [1.29, 1.82) is 0 Å². The molecule has 1 aromatic rings. The molecule has 0 aromatic carbocycles. The Kier molecular flexibility index (Phi) is 4.40. The summed E-state index contributed by atoms with van der Waals surface area (Å²) in [6.45, 7) is 3.49. The van der Waals surface area contributed by atoms with Crippen molar-refractivity contribution in [3.8, 4) is 0 Å². The number of carbonyl (C=O) groups is 1. The fraction of sp³-hybridized carbons (Fsp3) is 0.545. The molecular formula is C11H18N2O. The molecular weight excluding hydrogens is 176 g/mol. The number of hydrogen-bond donors (Lipinski definition) is 1. The second-order valence-electron chi connectivity index (χ2n) is 3.70.